The highest BCUT2D eigenvalue weighted by atomic mass is 15.0. The van der Waals surface area contributed by atoms with E-state index in [1.54, 1.807) is 0 Å². The summed E-state index contributed by atoms with van der Waals surface area (Å²) in [5.74, 6) is 0. The van der Waals surface area contributed by atoms with Crippen LogP contribution in [-0.2, 0) is 0 Å². The van der Waals surface area contributed by atoms with Crippen LogP contribution in [0.2, 0.25) is 0 Å². The molecule has 0 spiro atoms. The first-order chi connectivity index (χ1) is 6.24. The van der Waals surface area contributed by atoms with Crippen molar-refractivity contribution in [3.63, 3.8) is 0 Å². The van der Waals surface area contributed by atoms with Crippen molar-refractivity contribution in [2.24, 2.45) is 11.1 Å². The van der Waals surface area contributed by atoms with E-state index < -0.39 is 0 Å². The van der Waals surface area contributed by atoms with Crippen molar-refractivity contribution in [3.05, 3.63) is 0 Å². The molecule has 0 aromatic rings. The van der Waals surface area contributed by atoms with Gasteiger partial charge in [0.05, 0.1) is 0 Å². The zero-order chi connectivity index (χ0) is 9.31. The van der Waals surface area contributed by atoms with Gasteiger partial charge >= 0.3 is 0 Å². The number of rotatable bonds is 4. The number of hydrogen-bond donors (Lipinski definition) is 2. The summed E-state index contributed by atoms with van der Waals surface area (Å²) in [5.41, 5.74) is 6.41. The molecule has 0 bridgehead atoms. The molecular formula is C11H22N2. The van der Waals surface area contributed by atoms with Crippen LogP contribution in [0.1, 0.15) is 45.4 Å². The normalized spacial score (nSPS) is 36.5. The maximum atomic E-state index is 5.75. The fraction of sp³-hybridized carbons (Fsp3) is 1.00. The van der Waals surface area contributed by atoms with Crippen molar-refractivity contribution in [3.8, 4) is 0 Å². The minimum absolute atomic E-state index is 0.483. The van der Waals surface area contributed by atoms with E-state index in [1.165, 1.54) is 45.1 Å². The van der Waals surface area contributed by atoms with E-state index in [4.69, 9.17) is 5.73 Å². The van der Waals surface area contributed by atoms with E-state index in [9.17, 15) is 0 Å². The lowest BCUT2D eigenvalue weighted by Gasteiger charge is -2.44. The second-order valence-corrected chi connectivity index (χ2v) is 5.02. The van der Waals surface area contributed by atoms with Gasteiger partial charge in [0.2, 0.25) is 0 Å². The Hall–Kier alpha value is -0.0800. The van der Waals surface area contributed by atoms with Crippen molar-refractivity contribution in [2.75, 3.05) is 6.54 Å². The quantitative estimate of drug-likeness (QED) is 0.693. The first kappa shape index (κ1) is 9.47. The minimum Gasteiger partial charge on any atom is -0.328 e. The van der Waals surface area contributed by atoms with E-state index in [1.807, 2.05) is 0 Å². The molecule has 0 amide bonds. The van der Waals surface area contributed by atoms with Gasteiger partial charge in [-0.15, -0.1) is 0 Å². The van der Waals surface area contributed by atoms with Crippen LogP contribution >= 0.6 is 0 Å². The third kappa shape index (κ3) is 1.89. The van der Waals surface area contributed by atoms with Crippen LogP contribution in [0.5, 0.6) is 0 Å². The number of hydrogen-bond acceptors (Lipinski definition) is 2. The predicted octanol–water partition coefficient (Wildman–Crippen LogP) is 1.65. The fourth-order valence-corrected chi connectivity index (χ4v) is 2.52. The van der Waals surface area contributed by atoms with Gasteiger partial charge in [0.25, 0.3) is 0 Å². The molecule has 2 aliphatic rings. The van der Waals surface area contributed by atoms with Crippen LogP contribution in [0.25, 0.3) is 0 Å². The van der Waals surface area contributed by atoms with Gasteiger partial charge in [-0.25, -0.2) is 0 Å². The Balaban J connectivity index is 1.66. The summed E-state index contributed by atoms with van der Waals surface area (Å²) in [6.45, 7) is 3.56. The Kier molecular flexibility index (Phi) is 2.61. The van der Waals surface area contributed by atoms with E-state index in [0.717, 1.165) is 6.04 Å². The van der Waals surface area contributed by atoms with Crippen LogP contribution in [0.15, 0.2) is 0 Å². The zero-order valence-corrected chi connectivity index (χ0v) is 8.68. The molecule has 2 heteroatoms. The first-order valence-electron chi connectivity index (χ1n) is 5.73. The maximum Gasteiger partial charge on any atom is 0.00967 e. The van der Waals surface area contributed by atoms with Gasteiger partial charge in [-0.2, -0.15) is 0 Å². The molecule has 2 aliphatic carbocycles. The second kappa shape index (κ2) is 3.58. The Bertz CT molecular complexity index is 163. The summed E-state index contributed by atoms with van der Waals surface area (Å²) in [5, 5.41) is 3.66. The third-order valence-electron chi connectivity index (χ3n) is 4.10. The van der Waals surface area contributed by atoms with Crippen molar-refractivity contribution in [1.29, 1.82) is 0 Å². The predicted molar refractivity (Wildman–Crippen MR) is 55.6 cm³/mol. The molecule has 0 saturated heterocycles. The highest BCUT2D eigenvalue weighted by Crippen LogP contribution is 2.43. The monoisotopic (exact) mass is 182 g/mol. The number of nitrogens with one attached hydrogen (secondary N) is 1. The van der Waals surface area contributed by atoms with E-state index in [0.29, 0.717) is 11.5 Å². The van der Waals surface area contributed by atoms with E-state index >= 15 is 0 Å². The van der Waals surface area contributed by atoms with E-state index in [2.05, 4.69) is 12.2 Å². The van der Waals surface area contributed by atoms with Crippen molar-refractivity contribution < 1.29 is 0 Å². The van der Waals surface area contributed by atoms with Gasteiger partial charge in [0.1, 0.15) is 0 Å². The Labute approximate surface area is 81.3 Å². The summed E-state index contributed by atoms with van der Waals surface area (Å²) in [7, 11) is 0. The molecule has 76 valence electrons. The molecule has 0 radical (unpaired) electrons. The zero-order valence-electron chi connectivity index (χ0n) is 8.68. The van der Waals surface area contributed by atoms with Crippen molar-refractivity contribution >= 4 is 0 Å². The number of nitrogens with two attached hydrogens (primary N) is 1. The summed E-state index contributed by atoms with van der Waals surface area (Å²) >= 11 is 0. The Morgan fingerprint density at radius 2 is 2.08 bits per heavy atom. The standard InChI is InChI=1S/C11H22N2/c1-2-11(4-3-5-11)8-13-10-6-9(12)7-10/h9-10,13H,2-8,12H2,1H3. The molecule has 0 aromatic carbocycles. The first-order valence-corrected chi connectivity index (χ1v) is 5.73. The Morgan fingerprint density at radius 3 is 2.46 bits per heavy atom. The van der Waals surface area contributed by atoms with Crippen LogP contribution in [0.4, 0.5) is 0 Å². The SMILES string of the molecule is CCC1(CNC2CC(N)C2)CCC1. The van der Waals surface area contributed by atoms with E-state index in [-0.39, 0.29) is 0 Å². The molecule has 3 N–H and O–H groups in total. The molecular weight excluding hydrogens is 160 g/mol. The summed E-state index contributed by atoms with van der Waals surface area (Å²) in [4.78, 5) is 0. The fourth-order valence-electron chi connectivity index (χ4n) is 2.52. The Morgan fingerprint density at radius 1 is 1.38 bits per heavy atom. The highest BCUT2D eigenvalue weighted by Gasteiger charge is 2.36. The second-order valence-electron chi connectivity index (χ2n) is 5.02. The van der Waals surface area contributed by atoms with Crippen LogP contribution < -0.4 is 11.1 Å². The smallest absolute Gasteiger partial charge is 0.00967 e. The molecule has 2 fully saturated rings. The van der Waals surface area contributed by atoms with Gasteiger partial charge in [-0.1, -0.05) is 13.3 Å². The molecule has 0 aliphatic heterocycles. The molecule has 0 aromatic heterocycles. The maximum absolute atomic E-state index is 5.75. The largest absolute Gasteiger partial charge is 0.328 e. The lowest BCUT2D eigenvalue weighted by Crippen LogP contribution is -2.52. The molecule has 0 heterocycles. The topological polar surface area (TPSA) is 38.0 Å². The van der Waals surface area contributed by atoms with Crippen molar-refractivity contribution in [2.45, 2.75) is 57.5 Å². The molecule has 2 nitrogen and oxygen atoms in total. The lowest BCUT2D eigenvalue weighted by molar-refractivity contribution is 0.109. The highest BCUT2D eigenvalue weighted by molar-refractivity contribution is 4.93. The van der Waals surface area contributed by atoms with Gasteiger partial charge in [-0.3, -0.25) is 0 Å². The molecule has 13 heavy (non-hydrogen) atoms. The minimum atomic E-state index is 0.483. The summed E-state index contributed by atoms with van der Waals surface area (Å²) in [6, 6.07) is 1.22. The summed E-state index contributed by atoms with van der Waals surface area (Å²) < 4.78 is 0. The van der Waals surface area contributed by atoms with Gasteiger partial charge in [0.15, 0.2) is 0 Å². The molecule has 2 saturated carbocycles. The molecule has 2 rings (SSSR count). The van der Waals surface area contributed by atoms with Gasteiger partial charge < -0.3 is 11.1 Å². The van der Waals surface area contributed by atoms with Gasteiger partial charge in [0, 0.05) is 18.6 Å². The van der Waals surface area contributed by atoms with Crippen LogP contribution in [0.3, 0.4) is 0 Å². The summed E-state index contributed by atoms with van der Waals surface area (Å²) in [6.07, 6.45) is 8.06. The average Bonchev–Trinajstić information content (AvgIpc) is 1.99. The molecule has 0 unspecified atom stereocenters. The van der Waals surface area contributed by atoms with Crippen LogP contribution in [0, 0.1) is 5.41 Å². The lowest BCUT2D eigenvalue weighted by atomic mass is 9.66. The molecule has 0 atom stereocenters. The average molecular weight is 182 g/mol. The van der Waals surface area contributed by atoms with Crippen molar-refractivity contribution in [1.82, 2.24) is 5.32 Å². The van der Waals surface area contributed by atoms with Crippen LogP contribution in [-0.4, -0.2) is 18.6 Å². The third-order valence-corrected chi connectivity index (χ3v) is 4.10. The van der Waals surface area contributed by atoms with Gasteiger partial charge in [-0.05, 0) is 37.5 Å².